The van der Waals surface area contributed by atoms with E-state index in [4.69, 9.17) is 0 Å². The lowest BCUT2D eigenvalue weighted by Crippen LogP contribution is -2.46. The number of aryl methyl sites for hydroxylation is 1. The maximum atomic E-state index is 14.0. The number of imidazole rings is 1. The highest BCUT2D eigenvalue weighted by Crippen LogP contribution is 2.34. The SMILES string of the molecule is CCCN1CCN(Cc2ccc(NC(=O)c3ccc(C)c(C#Cc4cnc5ccccn45)c3)cc2C(F)(F)F)CC1. The van der Waals surface area contributed by atoms with E-state index in [1.807, 2.05) is 35.7 Å². The Morgan fingerprint density at radius 2 is 1.78 bits per heavy atom. The van der Waals surface area contributed by atoms with Gasteiger partial charge in [-0.05, 0) is 73.3 Å². The van der Waals surface area contributed by atoms with Crippen LogP contribution < -0.4 is 5.32 Å². The molecule has 0 bridgehead atoms. The molecule has 0 unspecified atom stereocenters. The van der Waals surface area contributed by atoms with E-state index in [2.05, 4.69) is 38.9 Å². The molecule has 1 N–H and O–H groups in total. The minimum atomic E-state index is -4.54. The number of hydrogen-bond donors (Lipinski definition) is 1. The van der Waals surface area contributed by atoms with E-state index in [1.54, 1.807) is 24.4 Å². The van der Waals surface area contributed by atoms with Crippen LogP contribution in [0.2, 0.25) is 0 Å². The predicted octanol–water partition coefficient (Wildman–Crippen LogP) is 5.84. The maximum Gasteiger partial charge on any atom is 0.416 e. The van der Waals surface area contributed by atoms with Crippen LogP contribution in [0, 0.1) is 18.8 Å². The fraction of sp³-hybridized carbons (Fsp3) is 0.312. The summed E-state index contributed by atoms with van der Waals surface area (Å²) in [5.41, 5.74) is 2.89. The number of piperazine rings is 1. The minimum Gasteiger partial charge on any atom is -0.322 e. The van der Waals surface area contributed by atoms with Crippen molar-refractivity contribution < 1.29 is 18.0 Å². The van der Waals surface area contributed by atoms with Gasteiger partial charge in [-0.25, -0.2) is 4.98 Å². The van der Waals surface area contributed by atoms with Gasteiger partial charge in [0.25, 0.3) is 5.91 Å². The second-order valence-electron chi connectivity index (χ2n) is 10.3. The first kappa shape index (κ1) is 28.4. The highest BCUT2D eigenvalue weighted by Gasteiger charge is 2.34. The Morgan fingerprint density at radius 3 is 2.54 bits per heavy atom. The fourth-order valence-corrected chi connectivity index (χ4v) is 5.04. The molecule has 0 radical (unpaired) electrons. The molecule has 2 aromatic carbocycles. The van der Waals surface area contributed by atoms with Crippen LogP contribution in [0.4, 0.5) is 18.9 Å². The Morgan fingerprint density at radius 1 is 1.00 bits per heavy atom. The Kier molecular flexibility index (Phi) is 8.43. The van der Waals surface area contributed by atoms with Crippen LogP contribution in [-0.2, 0) is 12.7 Å². The molecule has 0 atom stereocenters. The number of anilines is 1. The smallest absolute Gasteiger partial charge is 0.322 e. The monoisotopic (exact) mass is 559 g/mol. The van der Waals surface area contributed by atoms with Gasteiger partial charge in [0.15, 0.2) is 0 Å². The molecule has 9 heteroatoms. The van der Waals surface area contributed by atoms with E-state index >= 15 is 0 Å². The van der Waals surface area contributed by atoms with Gasteiger partial charge in [-0.3, -0.25) is 14.1 Å². The van der Waals surface area contributed by atoms with Crippen molar-refractivity contribution in [2.45, 2.75) is 33.0 Å². The Balaban J connectivity index is 1.32. The van der Waals surface area contributed by atoms with E-state index in [0.29, 0.717) is 16.8 Å². The number of benzene rings is 2. The highest BCUT2D eigenvalue weighted by atomic mass is 19.4. The fourth-order valence-electron chi connectivity index (χ4n) is 5.04. The van der Waals surface area contributed by atoms with Crippen molar-refractivity contribution in [2.24, 2.45) is 0 Å². The first-order chi connectivity index (χ1) is 19.7. The Hall–Kier alpha value is -4.13. The molecule has 3 heterocycles. The molecule has 1 amide bonds. The lowest BCUT2D eigenvalue weighted by atomic mass is 10.0. The van der Waals surface area contributed by atoms with E-state index in [1.165, 1.54) is 12.1 Å². The van der Waals surface area contributed by atoms with Crippen molar-refractivity contribution in [1.29, 1.82) is 0 Å². The molecule has 2 aromatic heterocycles. The van der Waals surface area contributed by atoms with E-state index in [0.717, 1.165) is 56.4 Å². The van der Waals surface area contributed by atoms with E-state index in [9.17, 15) is 18.0 Å². The number of fused-ring (bicyclic) bond motifs is 1. The number of rotatable bonds is 6. The summed E-state index contributed by atoms with van der Waals surface area (Å²) < 4.78 is 44.0. The van der Waals surface area contributed by atoms with Gasteiger partial charge < -0.3 is 10.2 Å². The summed E-state index contributed by atoms with van der Waals surface area (Å²) in [5, 5.41) is 2.64. The van der Waals surface area contributed by atoms with Crippen LogP contribution >= 0.6 is 0 Å². The molecular formula is C32H32F3N5O. The lowest BCUT2D eigenvalue weighted by Gasteiger charge is -2.35. The average Bonchev–Trinajstić information content (AvgIpc) is 3.37. The molecular weight excluding hydrogens is 527 g/mol. The van der Waals surface area contributed by atoms with Crippen molar-refractivity contribution in [1.82, 2.24) is 19.2 Å². The zero-order chi connectivity index (χ0) is 29.0. The van der Waals surface area contributed by atoms with Crippen molar-refractivity contribution in [3.63, 3.8) is 0 Å². The molecule has 1 aliphatic rings. The highest BCUT2D eigenvalue weighted by molar-refractivity contribution is 6.04. The van der Waals surface area contributed by atoms with E-state index < -0.39 is 17.6 Å². The number of carbonyl (C=O) groups is 1. The number of nitrogens with zero attached hydrogens (tertiary/aromatic N) is 4. The van der Waals surface area contributed by atoms with Crippen LogP contribution in [0.15, 0.2) is 67.0 Å². The zero-order valence-electron chi connectivity index (χ0n) is 23.1. The third-order valence-electron chi connectivity index (χ3n) is 7.31. The number of aromatic nitrogens is 2. The summed E-state index contributed by atoms with van der Waals surface area (Å²) in [6, 6.07) is 14.8. The Bertz CT molecular complexity index is 1610. The van der Waals surface area contributed by atoms with Gasteiger partial charge in [0.1, 0.15) is 11.3 Å². The number of carbonyl (C=O) groups excluding carboxylic acids is 1. The van der Waals surface area contributed by atoms with Gasteiger partial charge in [-0.1, -0.05) is 31.0 Å². The maximum absolute atomic E-state index is 14.0. The lowest BCUT2D eigenvalue weighted by molar-refractivity contribution is -0.138. The molecule has 0 spiro atoms. The molecule has 212 valence electrons. The summed E-state index contributed by atoms with van der Waals surface area (Å²) in [6.45, 7) is 8.40. The van der Waals surface area contributed by atoms with Crippen LogP contribution in [-0.4, -0.2) is 57.8 Å². The number of hydrogen-bond acceptors (Lipinski definition) is 4. The van der Waals surface area contributed by atoms with Crippen LogP contribution in [0.3, 0.4) is 0 Å². The van der Waals surface area contributed by atoms with Gasteiger partial charge in [-0.15, -0.1) is 0 Å². The molecule has 41 heavy (non-hydrogen) atoms. The molecule has 0 saturated carbocycles. The third kappa shape index (κ3) is 6.79. The Labute approximate surface area is 237 Å². The normalized spacial score (nSPS) is 14.6. The second-order valence-corrected chi connectivity index (χ2v) is 10.3. The third-order valence-corrected chi connectivity index (χ3v) is 7.31. The topological polar surface area (TPSA) is 52.9 Å². The first-order valence-corrected chi connectivity index (χ1v) is 13.7. The first-order valence-electron chi connectivity index (χ1n) is 13.7. The van der Waals surface area contributed by atoms with Crippen LogP contribution in [0.5, 0.6) is 0 Å². The molecule has 1 fully saturated rings. The van der Waals surface area contributed by atoms with Crippen molar-refractivity contribution >= 4 is 17.2 Å². The number of amides is 1. The molecule has 1 aliphatic heterocycles. The summed E-state index contributed by atoms with van der Waals surface area (Å²) >= 11 is 0. The van der Waals surface area contributed by atoms with Crippen molar-refractivity contribution in [3.8, 4) is 11.8 Å². The van der Waals surface area contributed by atoms with Gasteiger partial charge in [-0.2, -0.15) is 13.2 Å². The predicted molar refractivity (Wildman–Crippen MR) is 154 cm³/mol. The quantitative estimate of drug-likeness (QED) is 0.302. The van der Waals surface area contributed by atoms with Gasteiger partial charge in [0.05, 0.1) is 11.8 Å². The van der Waals surface area contributed by atoms with Crippen molar-refractivity contribution in [3.05, 3.63) is 101 Å². The van der Waals surface area contributed by atoms with Gasteiger partial charge >= 0.3 is 6.18 Å². The molecule has 0 aliphatic carbocycles. The van der Waals surface area contributed by atoms with Gasteiger partial charge in [0.2, 0.25) is 0 Å². The molecule has 4 aromatic rings. The number of halogens is 3. The summed E-state index contributed by atoms with van der Waals surface area (Å²) in [7, 11) is 0. The van der Waals surface area contributed by atoms with E-state index in [-0.39, 0.29) is 17.8 Å². The molecule has 5 rings (SSSR count). The van der Waals surface area contributed by atoms with Crippen LogP contribution in [0.1, 0.15) is 51.7 Å². The number of alkyl halides is 3. The van der Waals surface area contributed by atoms with Crippen molar-refractivity contribution in [2.75, 3.05) is 38.0 Å². The number of nitrogens with one attached hydrogen (secondary N) is 1. The van der Waals surface area contributed by atoms with Crippen LogP contribution in [0.25, 0.3) is 5.65 Å². The standard InChI is InChI=1S/C32H32F3N5O/c1-3-13-38-15-17-39(18-16-38)22-26-9-11-27(20-29(26)32(33,34)35)37-31(41)25-8-7-23(2)24(19-25)10-12-28-21-36-30-6-4-5-14-40(28)30/h4-9,11,14,19-21H,3,13,15-18,22H2,1-2H3,(H,37,41). The summed E-state index contributed by atoms with van der Waals surface area (Å²) in [5.74, 6) is 5.70. The average molecular weight is 560 g/mol. The molecule has 1 saturated heterocycles. The molecule has 6 nitrogen and oxygen atoms in total. The van der Waals surface area contributed by atoms with Gasteiger partial charge in [0, 0.05) is 55.7 Å². The summed E-state index contributed by atoms with van der Waals surface area (Å²) in [6.07, 6.45) is 0.0793. The largest absolute Gasteiger partial charge is 0.416 e. The zero-order valence-corrected chi connectivity index (χ0v) is 23.1. The number of pyridine rings is 1. The minimum absolute atomic E-state index is 0.0952. The second kappa shape index (κ2) is 12.2. The summed E-state index contributed by atoms with van der Waals surface area (Å²) in [4.78, 5) is 21.8.